The van der Waals surface area contributed by atoms with Crippen molar-refractivity contribution in [2.45, 2.75) is 12.5 Å². The van der Waals surface area contributed by atoms with Crippen molar-refractivity contribution in [3.8, 4) is 11.5 Å². The first-order valence-electron chi connectivity index (χ1n) is 5.45. The number of rotatable bonds is 6. The summed E-state index contributed by atoms with van der Waals surface area (Å²) < 4.78 is 4.97. The number of carbonyl (C=O) groups excluding carboxylic acids is 1. The van der Waals surface area contributed by atoms with Crippen LogP contribution in [0.15, 0.2) is 18.2 Å². The third kappa shape index (κ3) is 4.43. The summed E-state index contributed by atoms with van der Waals surface area (Å²) in [6.07, 6.45) is 0.575. The molecule has 18 heavy (non-hydrogen) atoms. The van der Waals surface area contributed by atoms with Crippen molar-refractivity contribution in [2.75, 3.05) is 19.6 Å². The largest absolute Gasteiger partial charge is 0.508 e. The number of phenolic OH excluding ortho intramolecular Hbond substituents is 2. The van der Waals surface area contributed by atoms with Gasteiger partial charge in [-0.05, 0) is 18.6 Å². The molecule has 0 fully saturated rings. The Hall–Kier alpha value is -1.46. The molecule has 1 aromatic rings. The molecule has 1 unspecified atom stereocenters. The molecule has 6 heteroatoms. The van der Waals surface area contributed by atoms with E-state index < -0.39 is 5.91 Å². The van der Waals surface area contributed by atoms with E-state index in [9.17, 15) is 15.0 Å². The highest BCUT2D eigenvalue weighted by atomic mass is 35.5. The van der Waals surface area contributed by atoms with Crippen LogP contribution in [0.5, 0.6) is 11.5 Å². The van der Waals surface area contributed by atoms with Gasteiger partial charge in [0.2, 0.25) is 0 Å². The molecular weight excluding hydrogens is 258 g/mol. The van der Waals surface area contributed by atoms with Crippen molar-refractivity contribution in [2.24, 2.45) is 0 Å². The van der Waals surface area contributed by atoms with Gasteiger partial charge in [0.1, 0.15) is 11.5 Å². The van der Waals surface area contributed by atoms with Crippen LogP contribution in [-0.2, 0) is 4.74 Å². The molecule has 0 radical (unpaired) electrons. The molecule has 0 aromatic heterocycles. The number of nitrogens with one attached hydrogen (secondary N) is 1. The molecule has 1 rings (SSSR count). The van der Waals surface area contributed by atoms with Crippen molar-refractivity contribution < 1.29 is 19.7 Å². The molecule has 0 aliphatic heterocycles. The lowest BCUT2D eigenvalue weighted by molar-refractivity contribution is 0.0894. The van der Waals surface area contributed by atoms with Crippen LogP contribution in [0.25, 0.3) is 0 Å². The Balaban J connectivity index is 2.73. The van der Waals surface area contributed by atoms with Gasteiger partial charge in [-0.1, -0.05) is 0 Å². The van der Waals surface area contributed by atoms with Gasteiger partial charge in [0.15, 0.2) is 0 Å². The molecule has 1 amide bonds. The molecular formula is C12H16ClNO4. The molecule has 100 valence electrons. The van der Waals surface area contributed by atoms with Gasteiger partial charge in [-0.2, -0.15) is 0 Å². The van der Waals surface area contributed by atoms with Crippen molar-refractivity contribution in [3.05, 3.63) is 23.8 Å². The van der Waals surface area contributed by atoms with E-state index in [1.807, 2.05) is 0 Å². The standard InChI is InChI=1S/C12H16ClNO4/c1-18-7-9(2-3-13)14-12(17)8-4-10(15)6-11(16)5-8/h4-6,9,15-16H,2-3,7H2,1H3,(H,14,17). The monoisotopic (exact) mass is 273 g/mol. The Morgan fingerprint density at radius 1 is 1.39 bits per heavy atom. The molecule has 1 atom stereocenters. The molecule has 0 aliphatic carbocycles. The average Bonchev–Trinajstić information content (AvgIpc) is 2.28. The maximum atomic E-state index is 11.9. The Kier molecular flexibility index (Phi) is 5.74. The number of aromatic hydroxyl groups is 2. The number of halogens is 1. The van der Waals surface area contributed by atoms with Crippen LogP contribution in [-0.4, -0.2) is 41.8 Å². The molecule has 0 saturated carbocycles. The third-order valence-electron chi connectivity index (χ3n) is 2.33. The maximum Gasteiger partial charge on any atom is 0.251 e. The third-order valence-corrected chi connectivity index (χ3v) is 2.54. The molecule has 1 aromatic carbocycles. The molecule has 0 aliphatic rings. The fourth-order valence-electron chi connectivity index (χ4n) is 1.53. The summed E-state index contributed by atoms with van der Waals surface area (Å²) in [6, 6.07) is 3.51. The van der Waals surface area contributed by atoms with E-state index in [-0.39, 0.29) is 23.1 Å². The number of carbonyl (C=O) groups is 1. The number of alkyl halides is 1. The van der Waals surface area contributed by atoms with E-state index in [1.165, 1.54) is 19.2 Å². The van der Waals surface area contributed by atoms with Gasteiger partial charge in [-0.15, -0.1) is 11.6 Å². The normalized spacial score (nSPS) is 12.1. The highest BCUT2D eigenvalue weighted by Crippen LogP contribution is 2.20. The van der Waals surface area contributed by atoms with Crippen molar-refractivity contribution in [3.63, 3.8) is 0 Å². The molecule has 0 bridgehead atoms. The number of hydrogen-bond donors (Lipinski definition) is 3. The van der Waals surface area contributed by atoms with Crippen LogP contribution in [0.1, 0.15) is 16.8 Å². The highest BCUT2D eigenvalue weighted by Gasteiger charge is 2.14. The lowest BCUT2D eigenvalue weighted by Crippen LogP contribution is -2.38. The molecule has 5 nitrogen and oxygen atoms in total. The number of ether oxygens (including phenoxy) is 1. The topological polar surface area (TPSA) is 78.8 Å². The zero-order valence-corrected chi connectivity index (χ0v) is 10.8. The predicted molar refractivity (Wildman–Crippen MR) is 68.2 cm³/mol. The minimum absolute atomic E-state index is 0.166. The van der Waals surface area contributed by atoms with Crippen LogP contribution in [0.4, 0.5) is 0 Å². The van der Waals surface area contributed by atoms with E-state index in [1.54, 1.807) is 0 Å². The van der Waals surface area contributed by atoms with Gasteiger partial charge in [-0.25, -0.2) is 0 Å². The first-order valence-corrected chi connectivity index (χ1v) is 5.99. The minimum atomic E-state index is -0.395. The van der Waals surface area contributed by atoms with E-state index in [4.69, 9.17) is 16.3 Å². The zero-order chi connectivity index (χ0) is 13.5. The number of phenols is 2. The summed E-state index contributed by atoms with van der Waals surface area (Å²) in [5.41, 5.74) is 0.183. The summed E-state index contributed by atoms with van der Waals surface area (Å²) in [4.78, 5) is 11.9. The van der Waals surface area contributed by atoms with Gasteiger partial charge in [0, 0.05) is 24.6 Å². The number of hydrogen-bond acceptors (Lipinski definition) is 4. The minimum Gasteiger partial charge on any atom is -0.508 e. The fourth-order valence-corrected chi connectivity index (χ4v) is 1.79. The van der Waals surface area contributed by atoms with Crippen LogP contribution in [0.2, 0.25) is 0 Å². The summed E-state index contributed by atoms with van der Waals surface area (Å²) in [5.74, 6) is -0.325. The summed E-state index contributed by atoms with van der Waals surface area (Å²) in [7, 11) is 1.54. The van der Waals surface area contributed by atoms with Crippen LogP contribution in [0, 0.1) is 0 Å². The zero-order valence-electron chi connectivity index (χ0n) is 10.0. The molecule has 3 N–H and O–H groups in total. The van der Waals surface area contributed by atoms with Gasteiger partial charge in [0.05, 0.1) is 12.6 Å². The second-order valence-corrected chi connectivity index (χ2v) is 4.22. The number of methoxy groups -OCH3 is 1. The predicted octanol–water partition coefficient (Wildman–Crippen LogP) is 1.47. The molecule has 0 heterocycles. The van der Waals surface area contributed by atoms with Gasteiger partial charge in [0.25, 0.3) is 5.91 Å². The Morgan fingerprint density at radius 3 is 2.50 bits per heavy atom. The lowest BCUT2D eigenvalue weighted by atomic mass is 10.1. The van der Waals surface area contributed by atoms with Gasteiger partial charge < -0.3 is 20.3 Å². The van der Waals surface area contributed by atoms with Gasteiger partial charge >= 0.3 is 0 Å². The summed E-state index contributed by atoms with van der Waals surface area (Å²) in [5, 5.41) is 21.3. The van der Waals surface area contributed by atoms with Crippen molar-refractivity contribution >= 4 is 17.5 Å². The average molecular weight is 274 g/mol. The van der Waals surface area contributed by atoms with E-state index >= 15 is 0 Å². The Labute approximate surface area is 110 Å². The van der Waals surface area contributed by atoms with Crippen LogP contribution >= 0.6 is 11.6 Å². The highest BCUT2D eigenvalue weighted by molar-refractivity contribution is 6.17. The Morgan fingerprint density at radius 2 is 2.00 bits per heavy atom. The van der Waals surface area contributed by atoms with Crippen molar-refractivity contribution in [1.29, 1.82) is 0 Å². The Bertz CT molecular complexity index is 385. The smallest absolute Gasteiger partial charge is 0.251 e. The van der Waals surface area contributed by atoms with Gasteiger partial charge in [-0.3, -0.25) is 4.79 Å². The van der Waals surface area contributed by atoms with Crippen LogP contribution in [0.3, 0.4) is 0 Å². The first-order chi connectivity index (χ1) is 8.56. The SMILES string of the molecule is COCC(CCCl)NC(=O)c1cc(O)cc(O)c1. The number of amides is 1. The maximum absolute atomic E-state index is 11.9. The first kappa shape index (κ1) is 14.6. The quantitative estimate of drug-likeness (QED) is 0.686. The van der Waals surface area contributed by atoms with Crippen LogP contribution < -0.4 is 5.32 Å². The molecule has 0 spiro atoms. The number of benzene rings is 1. The fraction of sp³-hybridized carbons (Fsp3) is 0.417. The van der Waals surface area contributed by atoms with E-state index in [0.29, 0.717) is 18.9 Å². The van der Waals surface area contributed by atoms with Crippen molar-refractivity contribution in [1.82, 2.24) is 5.32 Å². The second kappa shape index (κ2) is 7.08. The van der Waals surface area contributed by atoms with E-state index in [0.717, 1.165) is 6.07 Å². The van der Waals surface area contributed by atoms with E-state index in [2.05, 4.69) is 5.32 Å². The summed E-state index contributed by atoms with van der Waals surface area (Å²) in [6.45, 7) is 0.350. The summed E-state index contributed by atoms with van der Waals surface area (Å²) >= 11 is 5.63. The second-order valence-electron chi connectivity index (χ2n) is 3.84. The molecule has 0 saturated heterocycles. The lowest BCUT2D eigenvalue weighted by Gasteiger charge is -2.16.